The number of aromatic nitrogens is 1. The molecule has 0 radical (unpaired) electrons. The summed E-state index contributed by atoms with van der Waals surface area (Å²) in [6, 6.07) is 1.90. The zero-order valence-corrected chi connectivity index (χ0v) is 9.31. The molecule has 1 heterocycles. The molecule has 0 fully saturated rings. The fourth-order valence-corrected chi connectivity index (χ4v) is 1.65. The number of anilines is 2. The lowest BCUT2D eigenvalue weighted by Gasteiger charge is -2.05. The van der Waals surface area contributed by atoms with Gasteiger partial charge in [0.1, 0.15) is 0 Å². The number of nitrogen functional groups attached to an aromatic ring is 1. The fraction of sp³-hybridized carbons (Fsp3) is 0.500. The Kier molecular flexibility index (Phi) is 5.22. The van der Waals surface area contributed by atoms with Gasteiger partial charge in [-0.3, -0.25) is 4.98 Å². The molecule has 78 valence electrons. The van der Waals surface area contributed by atoms with Crippen LogP contribution >= 0.6 is 11.8 Å². The first kappa shape index (κ1) is 11.2. The Morgan fingerprint density at radius 1 is 1.43 bits per heavy atom. The molecule has 4 heteroatoms. The summed E-state index contributed by atoms with van der Waals surface area (Å²) in [4.78, 5) is 4.01. The Morgan fingerprint density at radius 2 is 2.29 bits per heavy atom. The molecule has 0 unspecified atom stereocenters. The molecular weight excluding hydrogens is 194 g/mol. The smallest absolute Gasteiger partial charge is 0.0547 e. The number of nitrogens with one attached hydrogen (secondary N) is 1. The number of unbranched alkanes of at least 4 members (excludes halogenated alkanes) is 1. The molecular formula is C10H17N3S. The number of nitrogens with zero attached hydrogens (tertiary/aromatic N) is 1. The molecule has 3 nitrogen and oxygen atoms in total. The van der Waals surface area contributed by atoms with Gasteiger partial charge in [-0.05, 0) is 30.9 Å². The van der Waals surface area contributed by atoms with Crippen molar-refractivity contribution in [1.29, 1.82) is 0 Å². The second-order valence-electron chi connectivity index (χ2n) is 3.13. The van der Waals surface area contributed by atoms with Gasteiger partial charge in [0.2, 0.25) is 0 Å². The third kappa shape index (κ3) is 4.37. The van der Waals surface area contributed by atoms with Crippen LogP contribution < -0.4 is 11.1 Å². The van der Waals surface area contributed by atoms with E-state index in [-0.39, 0.29) is 0 Å². The predicted molar refractivity (Wildman–Crippen MR) is 64.8 cm³/mol. The van der Waals surface area contributed by atoms with Crippen LogP contribution in [-0.2, 0) is 0 Å². The average molecular weight is 211 g/mol. The molecule has 0 aliphatic rings. The largest absolute Gasteiger partial charge is 0.397 e. The van der Waals surface area contributed by atoms with E-state index in [0.29, 0.717) is 5.69 Å². The summed E-state index contributed by atoms with van der Waals surface area (Å²) in [7, 11) is 0. The summed E-state index contributed by atoms with van der Waals surface area (Å²) in [6.07, 6.45) is 8.03. The molecule has 0 spiro atoms. The van der Waals surface area contributed by atoms with Crippen molar-refractivity contribution in [2.45, 2.75) is 12.8 Å². The normalized spacial score (nSPS) is 10.1. The summed E-state index contributed by atoms with van der Waals surface area (Å²) in [5, 5.41) is 3.29. The standard InChI is InChI=1S/C10H17N3S/c1-14-5-3-2-4-13-10-6-9(11)7-12-8-10/h6-8,13H,2-5,11H2,1H3. The van der Waals surface area contributed by atoms with E-state index in [1.54, 1.807) is 12.4 Å². The lowest BCUT2D eigenvalue weighted by molar-refractivity contribution is 0.843. The van der Waals surface area contributed by atoms with E-state index in [1.165, 1.54) is 18.6 Å². The number of hydrogen-bond acceptors (Lipinski definition) is 4. The van der Waals surface area contributed by atoms with Gasteiger partial charge in [0.15, 0.2) is 0 Å². The van der Waals surface area contributed by atoms with Crippen LogP contribution in [0.15, 0.2) is 18.5 Å². The minimum atomic E-state index is 0.708. The monoisotopic (exact) mass is 211 g/mol. The molecule has 0 aliphatic heterocycles. The van der Waals surface area contributed by atoms with Gasteiger partial charge < -0.3 is 11.1 Å². The van der Waals surface area contributed by atoms with Crippen molar-refractivity contribution >= 4 is 23.1 Å². The summed E-state index contributed by atoms with van der Waals surface area (Å²) < 4.78 is 0. The van der Waals surface area contributed by atoms with Crippen molar-refractivity contribution in [2.75, 3.05) is 29.6 Å². The number of pyridine rings is 1. The van der Waals surface area contributed by atoms with Gasteiger partial charge in [0.05, 0.1) is 17.6 Å². The van der Waals surface area contributed by atoms with Gasteiger partial charge in [-0.15, -0.1) is 0 Å². The first-order valence-corrected chi connectivity index (χ1v) is 6.15. The Hall–Kier alpha value is -0.900. The van der Waals surface area contributed by atoms with E-state index in [0.717, 1.165) is 12.2 Å². The molecule has 0 atom stereocenters. The van der Waals surface area contributed by atoms with Crippen LogP contribution in [0.2, 0.25) is 0 Å². The quantitative estimate of drug-likeness (QED) is 0.708. The summed E-state index contributed by atoms with van der Waals surface area (Å²) in [6.45, 7) is 0.992. The average Bonchev–Trinajstić information content (AvgIpc) is 2.18. The first-order valence-electron chi connectivity index (χ1n) is 4.76. The highest BCUT2D eigenvalue weighted by Crippen LogP contribution is 2.09. The highest BCUT2D eigenvalue weighted by Gasteiger charge is 1.92. The second-order valence-corrected chi connectivity index (χ2v) is 4.12. The van der Waals surface area contributed by atoms with Gasteiger partial charge in [-0.25, -0.2) is 0 Å². The molecule has 14 heavy (non-hydrogen) atoms. The first-order chi connectivity index (χ1) is 6.83. The van der Waals surface area contributed by atoms with Crippen LogP contribution in [0.3, 0.4) is 0 Å². The van der Waals surface area contributed by atoms with E-state index < -0.39 is 0 Å². The number of nitrogens with two attached hydrogens (primary N) is 1. The van der Waals surface area contributed by atoms with E-state index in [2.05, 4.69) is 16.6 Å². The third-order valence-electron chi connectivity index (χ3n) is 1.86. The van der Waals surface area contributed by atoms with Gasteiger partial charge in [-0.1, -0.05) is 0 Å². The molecule has 1 rings (SSSR count). The minimum absolute atomic E-state index is 0.708. The second kappa shape index (κ2) is 6.54. The SMILES string of the molecule is CSCCCCNc1cncc(N)c1. The Bertz CT molecular complexity index is 265. The van der Waals surface area contributed by atoms with Crippen LogP contribution in [0.4, 0.5) is 11.4 Å². The molecule has 1 aromatic rings. The molecule has 1 aromatic heterocycles. The minimum Gasteiger partial charge on any atom is -0.397 e. The van der Waals surface area contributed by atoms with Gasteiger partial charge in [0, 0.05) is 12.7 Å². The summed E-state index contributed by atoms with van der Waals surface area (Å²) in [5.74, 6) is 1.23. The molecule has 0 bridgehead atoms. The molecule has 0 aromatic carbocycles. The molecule has 0 saturated carbocycles. The van der Waals surface area contributed by atoms with E-state index >= 15 is 0 Å². The van der Waals surface area contributed by atoms with Crippen molar-refractivity contribution in [3.63, 3.8) is 0 Å². The van der Waals surface area contributed by atoms with Crippen molar-refractivity contribution in [3.05, 3.63) is 18.5 Å². The highest BCUT2D eigenvalue weighted by atomic mass is 32.2. The highest BCUT2D eigenvalue weighted by molar-refractivity contribution is 7.98. The number of rotatable bonds is 6. The summed E-state index contributed by atoms with van der Waals surface area (Å²) in [5.41, 5.74) is 7.32. The molecule has 0 saturated heterocycles. The van der Waals surface area contributed by atoms with Crippen LogP contribution in [0.5, 0.6) is 0 Å². The maximum absolute atomic E-state index is 5.60. The van der Waals surface area contributed by atoms with Crippen LogP contribution in [0.25, 0.3) is 0 Å². The van der Waals surface area contributed by atoms with Gasteiger partial charge in [0.25, 0.3) is 0 Å². The molecule has 0 aliphatic carbocycles. The van der Waals surface area contributed by atoms with Crippen LogP contribution in [-0.4, -0.2) is 23.5 Å². The summed E-state index contributed by atoms with van der Waals surface area (Å²) >= 11 is 1.89. The van der Waals surface area contributed by atoms with E-state index in [9.17, 15) is 0 Å². The molecule has 0 amide bonds. The van der Waals surface area contributed by atoms with E-state index in [1.807, 2.05) is 17.8 Å². The van der Waals surface area contributed by atoms with Gasteiger partial charge >= 0.3 is 0 Å². The van der Waals surface area contributed by atoms with Gasteiger partial charge in [-0.2, -0.15) is 11.8 Å². The van der Waals surface area contributed by atoms with Crippen molar-refractivity contribution in [2.24, 2.45) is 0 Å². The topological polar surface area (TPSA) is 50.9 Å². The van der Waals surface area contributed by atoms with Crippen molar-refractivity contribution < 1.29 is 0 Å². The Morgan fingerprint density at radius 3 is 3.00 bits per heavy atom. The third-order valence-corrected chi connectivity index (χ3v) is 2.56. The number of thioether (sulfide) groups is 1. The molecule has 3 N–H and O–H groups in total. The zero-order valence-electron chi connectivity index (χ0n) is 8.49. The lowest BCUT2D eigenvalue weighted by atomic mass is 10.3. The maximum atomic E-state index is 5.60. The van der Waals surface area contributed by atoms with Crippen LogP contribution in [0, 0.1) is 0 Å². The maximum Gasteiger partial charge on any atom is 0.0547 e. The van der Waals surface area contributed by atoms with Crippen LogP contribution in [0.1, 0.15) is 12.8 Å². The Labute approximate surface area is 89.5 Å². The fourth-order valence-electron chi connectivity index (χ4n) is 1.16. The Balaban J connectivity index is 2.18. The lowest BCUT2D eigenvalue weighted by Crippen LogP contribution is -2.02. The number of hydrogen-bond donors (Lipinski definition) is 2. The zero-order chi connectivity index (χ0) is 10.2. The predicted octanol–water partition coefficient (Wildman–Crippen LogP) is 2.22. The van der Waals surface area contributed by atoms with E-state index in [4.69, 9.17) is 5.73 Å². The van der Waals surface area contributed by atoms with Crippen molar-refractivity contribution in [1.82, 2.24) is 4.98 Å². The van der Waals surface area contributed by atoms with Crippen molar-refractivity contribution in [3.8, 4) is 0 Å².